The van der Waals surface area contributed by atoms with Crippen LogP contribution in [0.4, 0.5) is 0 Å². The molecule has 6 heteroatoms. The summed E-state index contributed by atoms with van der Waals surface area (Å²) in [6.45, 7) is 4.82. The third kappa shape index (κ3) is 5.00. The Morgan fingerprint density at radius 1 is 1.27 bits per heavy atom. The molecule has 1 saturated carbocycles. The summed E-state index contributed by atoms with van der Waals surface area (Å²) in [6.07, 6.45) is 3.92. The van der Waals surface area contributed by atoms with E-state index in [1.807, 2.05) is 0 Å². The zero-order chi connectivity index (χ0) is 18.5. The lowest BCUT2D eigenvalue weighted by atomic mass is 9.93. The van der Waals surface area contributed by atoms with Crippen LogP contribution in [0.2, 0.25) is 0 Å². The molecular weight excluding hydrogens is 392 g/mol. The lowest BCUT2D eigenvalue weighted by Gasteiger charge is -2.34. The predicted molar refractivity (Wildman–Crippen MR) is 109 cm³/mol. The van der Waals surface area contributed by atoms with Gasteiger partial charge in [-0.15, -0.1) is 0 Å². The molecular formula is C20H29BrN4O. The number of benzene rings is 1. The van der Waals surface area contributed by atoms with Crippen molar-refractivity contribution in [3.05, 3.63) is 34.3 Å². The fourth-order valence-corrected chi connectivity index (χ4v) is 3.96. The van der Waals surface area contributed by atoms with Gasteiger partial charge in [-0.1, -0.05) is 28.1 Å². The van der Waals surface area contributed by atoms with Gasteiger partial charge < -0.3 is 15.5 Å². The number of hydrogen-bond acceptors (Lipinski definition) is 2. The Hall–Kier alpha value is -1.56. The number of nitrogens with zero attached hydrogens (tertiary/aromatic N) is 2. The largest absolute Gasteiger partial charge is 0.359 e. The molecule has 142 valence electrons. The number of carbonyl (C=O) groups excluding carboxylic acids is 1. The topological polar surface area (TPSA) is 56.7 Å². The summed E-state index contributed by atoms with van der Waals surface area (Å²) in [4.78, 5) is 18.7. The van der Waals surface area contributed by atoms with E-state index in [4.69, 9.17) is 4.99 Å². The number of likely N-dealkylation sites (tertiary alicyclic amines) is 1. The normalized spacial score (nSPS) is 23.7. The van der Waals surface area contributed by atoms with Gasteiger partial charge in [0.15, 0.2) is 5.96 Å². The van der Waals surface area contributed by atoms with Crippen LogP contribution in [0.5, 0.6) is 0 Å². The highest BCUT2D eigenvalue weighted by atomic mass is 79.9. The molecule has 1 aromatic carbocycles. The molecule has 0 radical (unpaired) electrons. The first-order valence-corrected chi connectivity index (χ1v) is 10.4. The maximum atomic E-state index is 11.6. The van der Waals surface area contributed by atoms with Gasteiger partial charge in [0.05, 0.1) is 0 Å². The van der Waals surface area contributed by atoms with Crippen LogP contribution in [0.25, 0.3) is 0 Å². The van der Waals surface area contributed by atoms with Crippen molar-refractivity contribution in [1.29, 1.82) is 0 Å². The Morgan fingerprint density at radius 3 is 2.58 bits per heavy atom. The fourth-order valence-electron chi connectivity index (χ4n) is 3.70. The molecule has 0 spiro atoms. The fraction of sp³-hybridized carbons (Fsp3) is 0.600. The standard InChI is InChI=1S/C20H29BrN4O/c1-3-23-20(25-10-8-14(9-11-25)12-19(26)22-2)24-18-13-17(18)15-4-6-16(21)7-5-15/h4-7,14,17-18H,3,8-13H2,1-2H3,(H,22,26)(H,23,24). The van der Waals surface area contributed by atoms with Gasteiger partial charge in [-0.25, -0.2) is 0 Å². The van der Waals surface area contributed by atoms with E-state index in [1.165, 1.54) is 5.56 Å². The Labute approximate surface area is 164 Å². The van der Waals surface area contributed by atoms with Crippen molar-refractivity contribution in [1.82, 2.24) is 15.5 Å². The number of guanidine groups is 1. The van der Waals surface area contributed by atoms with Crippen molar-refractivity contribution in [2.75, 3.05) is 26.7 Å². The van der Waals surface area contributed by atoms with E-state index in [9.17, 15) is 4.79 Å². The van der Waals surface area contributed by atoms with Gasteiger partial charge in [-0.2, -0.15) is 0 Å². The molecule has 1 aliphatic carbocycles. The van der Waals surface area contributed by atoms with Crippen LogP contribution >= 0.6 is 15.9 Å². The highest BCUT2D eigenvalue weighted by molar-refractivity contribution is 9.10. The van der Waals surface area contributed by atoms with Crippen LogP contribution in [0, 0.1) is 5.92 Å². The summed E-state index contributed by atoms with van der Waals surface area (Å²) in [5.74, 6) is 2.26. The smallest absolute Gasteiger partial charge is 0.220 e. The molecule has 0 aromatic heterocycles. The van der Waals surface area contributed by atoms with E-state index in [1.54, 1.807) is 7.05 Å². The van der Waals surface area contributed by atoms with Gasteiger partial charge in [0.1, 0.15) is 0 Å². The summed E-state index contributed by atoms with van der Waals surface area (Å²) in [5.41, 5.74) is 1.39. The van der Waals surface area contributed by atoms with E-state index in [2.05, 4.69) is 62.7 Å². The SMILES string of the molecule is CCN=C(NC1CC1c1ccc(Br)cc1)N1CCC(CC(=O)NC)CC1. The Kier molecular flexibility index (Phi) is 6.57. The summed E-state index contributed by atoms with van der Waals surface area (Å²) in [5, 5.41) is 6.41. The number of rotatable bonds is 5. The van der Waals surface area contributed by atoms with Gasteiger partial charge in [0.25, 0.3) is 0 Å². The van der Waals surface area contributed by atoms with Crippen LogP contribution in [0.3, 0.4) is 0 Å². The minimum atomic E-state index is 0.152. The molecule has 2 fully saturated rings. The molecule has 1 aliphatic heterocycles. The van der Waals surface area contributed by atoms with Crippen molar-refractivity contribution in [2.45, 2.75) is 44.6 Å². The minimum absolute atomic E-state index is 0.152. The number of carbonyl (C=O) groups is 1. The van der Waals surface area contributed by atoms with Crippen LogP contribution in [-0.2, 0) is 4.79 Å². The van der Waals surface area contributed by atoms with Crippen molar-refractivity contribution in [3.63, 3.8) is 0 Å². The Bertz CT molecular complexity index is 638. The quantitative estimate of drug-likeness (QED) is 0.568. The average molecular weight is 421 g/mol. The van der Waals surface area contributed by atoms with Crippen molar-refractivity contribution in [2.24, 2.45) is 10.9 Å². The highest BCUT2D eigenvalue weighted by Gasteiger charge is 2.39. The van der Waals surface area contributed by atoms with E-state index < -0.39 is 0 Å². The number of halogens is 1. The van der Waals surface area contributed by atoms with Gasteiger partial charge in [0, 0.05) is 49.5 Å². The summed E-state index contributed by atoms with van der Waals surface area (Å²) >= 11 is 3.50. The average Bonchev–Trinajstić information content (AvgIpc) is 3.42. The summed E-state index contributed by atoms with van der Waals surface area (Å²) in [6, 6.07) is 9.12. The van der Waals surface area contributed by atoms with Gasteiger partial charge in [0.2, 0.25) is 5.91 Å². The number of hydrogen-bond donors (Lipinski definition) is 2. The van der Waals surface area contributed by atoms with Crippen molar-refractivity contribution >= 4 is 27.8 Å². The highest BCUT2D eigenvalue weighted by Crippen LogP contribution is 2.41. The molecule has 26 heavy (non-hydrogen) atoms. The zero-order valence-corrected chi connectivity index (χ0v) is 17.3. The first kappa shape index (κ1) is 19.2. The number of nitrogens with one attached hydrogen (secondary N) is 2. The van der Waals surface area contributed by atoms with Crippen LogP contribution in [-0.4, -0.2) is 49.5 Å². The number of piperidine rings is 1. The molecule has 2 unspecified atom stereocenters. The van der Waals surface area contributed by atoms with Crippen LogP contribution in [0.1, 0.15) is 44.1 Å². The molecule has 2 atom stereocenters. The molecule has 0 bridgehead atoms. The predicted octanol–water partition coefficient (Wildman–Crippen LogP) is 3.12. The Balaban J connectivity index is 1.52. The number of amides is 1. The first-order chi connectivity index (χ1) is 12.6. The van der Waals surface area contributed by atoms with Gasteiger partial charge >= 0.3 is 0 Å². The second-order valence-electron chi connectivity index (χ2n) is 7.25. The van der Waals surface area contributed by atoms with E-state index in [0.717, 1.165) is 49.3 Å². The molecule has 1 aromatic rings. The monoisotopic (exact) mass is 420 g/mol. The van der Waals surface area contributed by atoms with Crippen molar-refractivity contribution < 1.29 is 4.79 Å². The molecule has 1 saturated heterocycles. The van der Waals surface area contributed by atoms with Gasteiger partial charge in [-0.05, 0) is 49.8 Å². The van der Waals surface area contributed by atoms with Gasteiger partial charge in [-0.3, -0.25) is 9.79 Å². The molecule has 3 rings (SSSR count). The van der Waals surface area contributed by atoms with E-state index in [0.29, 0.717) is 24.3 Å². The Morgan fingerprint density at radius 2 is 1.96 bits per heavy atom. The third-order valence-electron chi connectivity index (χ3n) is 5.38. The van der Waals surface area contributed by atoms with Crippen LogP contribution < -0.4 is 10.6 Å². The molecule has 2 N–H and O–H groups in total. The second kappa shape index (κ2) is 8.89. The molecule has 5 nitrogen and oxygen atoms in total. The molecule has 1 heterocycles. The van der Waals surface area contributed by atoms with E-state index in [-0.39, 0.29) is 5.91 Å². The lowest BCUT2D eigenvalue weighted by Crippen LogP contribution is -2.47. The first-order valence-electron chi connectivity index (χ1n) is 9.62. The lowest BCUT2D eigenvalue weighted by molar-refractivity contribution is -0.121. The third-order valence-corrected chi connectivity index (χ3v) is 5.91. The maximum Gasteiger partial charge on any atom is 0.220 e. The number of aliphatic imine (C=N–C) groups is 1. The van der Waals surface area contributed by atoms with Crippen molar-refractivity contribution in [3.8, 4) is 0 Å². The van der Waals surface area contributed by atoms with E-state index >= 15 is 0 Å². The molecule has 2 aliphatic rings. The summed E-state index contributed by atoms with van der Waals surface area (Å²) < 4.78 is 1.12. The molecule has 1 amide bonds. The zero-order valence-electron chi connectivity index (χ0n) is 15.7. The maximum absolute atomic E-state index is 11.6. The second-order valence-corrected chi connectivity index (χ2v) is 8.17. The summed E-state index contributed by atoms with van der Waals surface area (Å²) in [7, 11) is 1.71. The van der Waals surface area contributed by atoms with Crippen LogP contribution in [0.15, 0.2) is 33.7 Å². The minimum Gasteiger partial charge on any atom is -0.359 e.